The molecular weight excluding hydrogens is 346 g/mol. The Labute approximate surface area is 165 Å². The van der Waals surface area contributed by atoms with Crippen LogP contribution in [0.1, 0.15) is 25.3 Å². The predicted molar refractivity (Wildman–Crippen MR) is 117 cm³/mol. The lowest BCUT2D eigenvalue weighted by Gasteiger charge is -2.23. The first kappa shape index (κ1) is 18.2. The maximum atomic E-state index is 13.5. The van der Waals surface area contributed by atoms with Crippen LogP contribution in [0.3, 0.4) is 0 Å². The fourth-order valence-electron chi connectivity index (χ4n) is 3.59. The summed E-state index contributed by atoms with van der Waals surface area (Å²) in [5.41, 5.74) is 1.86. The Morgan fingerprint density at radius 2 is 1.64 bits per heavy atom. The van der Waals surface area contributed by atoms with Crippen molar-refractivity contribution in [1.82, 2.24) is 9.55 Å². The van der Waals surface area contributed by atoms with Crippen LogP contribution in [0, 0.1) is 0 Å². The van der Waals surface area contributed by atoms with Crippen LogP contribution >= 0.6 is 0 Å². The van der Waals surface area contributed by atoms with E-state index in [1.54, 1.807) is 0 Å². The smallest absolute Gasteiger partial charge is 0.263 e. The zero-order valence-corrected chi connectivity index (χ0v) is 16.4. The van der Waals surface area contributed by atoms with E-state index in [0.717, 1.165) is 47.2 Å². The minimum absolute atomic E-state index is 0.0120. The molecule has 4 aromatic rings. The summed E-state index contributed by atoms with van der Waals surface area (Å²) in [5.74, 6) is 0.727. The molecule has 0 fully saturated rings. The second-order valence-corrected chi connectivity index (χ2v) is 7.28. The van der Waals surface area contributed by atoms with Crippen molar-refractivity contribution in [1.29, 1.82) is 0 Å². The number of rotatable bonds is 6. The Morgan fingerprint density at radius 3 is 2.36 bits per heavy atom. The molecule has 0 amide bonds. The summed E-state index contributed by atoms with van der Waals surface area (Å²) >= 11 is 0. The normalized spacial score (nSPS) is 11.2. The van der Waals surface area contributed by atoms with E-state index in [1.165, 1.54) is 0 Å². The fraction of sp³-hybridized carbons (Fsp3) is 0.250. The zero-order chi connectivity index (χ0) is 19.5. The first-order valence-corrected chi connectivity index (χ1v) is 9.86. The summed E-state index contributed by atoms with van der Waals surface area (Å²) in [6.07, 6.45) is 2.17. The summed E-state index contributed by atoms with van der Waals surface area (Å²) in [6, 6.07) is 22.2. The third kappa shape index (κ3) is 3.50. The molecule has 1 aromatic heterocycles. The molecule has 3 aromatic carbocycles. The second-order valence-electron chi connectivity index (χ2n) is 7.28. The average molecular weight is 371 g/mol. The molecule has 0 saturated carbocycles. The largest absolute Gasteiger partial charge is 0.345 e. The average Bonchev–Trinajstić information content (AvgIpc) is 2.73. The quantitative estimate of drug-likeness (QED) is 0.456. The van der Waals surface area contributed by atoms with E-state index in [2.05, 4.69) is 17.9 Å². The van der Waals surface area contributed by atoms with Crippen LogP contribution in [0.5, 0.6) is 0 Å². The van der Waals surface area contributed by atoms with Crippen LogP contribution in [0.15, 0.2) is 71.5 Å². The van der Waals surface area contributed by atoms with Gasteiger partial charge in [0.2, 0.25) is 5.95 Å². The van der Waals surface area contributed by atoms with Gasteiger partial charge in [-0.3, -0.25) is 9.36 Å². The van der Waals surface area contributed by atoms with Crippen LogP contribution in [0.4, 0.5) is 5.95 Å². The SMILES string of the molecule is CCCCN(C)c1nc2cc3ccccc3cc2c(=O)n1Cc1ccccc1. The van der Waals surface area contributed by atoms with Crippen molar-refractivity contribution in [2.24, 2.45) is 0 Å². The Kier molecular flexibility index (Phi) is 5.11. The highest BCUT2D eigenvalue weighted by atomic mass is 16.1. The van der Waals surface area contributed by atoms with Gasteiger partial charge in [0.05, 0.1) is 17.4 Å². The van der Waals surface area contributed by atoms with E-state index >= 15 is 0 Å². The van der Waals surface area contributed by atoms with E-state index in [-0.39, 0.29) is 5.56 Å². The van der Waals surface area contributed by atoms with Crippen molar-refractivity contribution in [2.75, 3.05) is 18.5 Å². The highest BCUT2D eigenvalue weighted by Gasteiger charge is 2.15. The lowest BCUT2D eigenvalue weighted by molar-refractivity contribution is 0.686. The number of hydrogen-bond acceptors (Lipinski definition) is 3. The minimum atomic E-state index is 0.0120. The molecule has 0 N–H and O–H groups in total. The van der Waals surface area contributed by atoms with Crippen molar-refractivity contribution in [2.45, 2.75) is 26.3 Å². The van der Waals surface area contributed by atoms with Crippen molar-refractivity contribution in [3.63, 3.8) is 0 Å². The minimum Gasteiger partial charge on any atom is -0.345 e. The van der Waals surface area contributed by atoms with Gasteiger partial charge in [-0.1, -0.05) is 67.9 Å². The lowest BCUT2D eigenvalue weighted by Crippen LogP contribution is -2.31. The fourth-order valence-corrected chi connectivity index (χ4v) is 3.59. The van der Waals surface area contributed by atoms with Gasteiger partial charge in [-0.15, -0.1) is 0 Å². The Hall–Kier alpha value is -3.14. The molecule has 28 heavy (non-hydrogen) atoms. The molecule has 0 atom stereocenters. The van der Waals surface area contributed by atoms with Crippen LogP contribution in [-0.4, -0.2) is 23.1 Å². The maximum Gasteiger partial charge on any atom is 0.263 e. The van der Waals surface area contributed by atoms with Gasteiger partial charge in [0.25, 0.3) is 5.56 Å². The van der Waals surface area contributed by atoms with Gasteiger partial charge in [-0.25, -0.2) is 4.98 Å². The van der Waals surface area contributed by atoms with Gasteiger partial charge in [-0.2, -0.15) is 0 Å². The molecule has 0 aliphatic carbocycles. The molecule has 4 heteroatoms. The van der Waals surface area contributed by atoms with E-state index in [0.29, 0.717) is 11.9 Å². The molecule has 4 rings (SSSR count). The van der Waals surface area contributed by atoms with Gasteiger partial charge in [0.15, 0.2) is 0 Å². The Balaban J connectivity index is 1.92. The molecule has 0 saturated heterocycles. The number of benzene rings is 3. The highest BCUT2D eigenvalue weighted by Crippen LogP contribution is 2.22. The number of unbranched alkanes of at least 4 members (excludes halogenated alkanes) is 1. The standard InChI is InChI=1S/C24H25N3O/c1-3-4-14-26(2)24-25-22-16-20-13-9-8-12-19(20)15-21(22)23(28)27(24)17-18-10-6-5-7-11-18/h5-13,15-16H,3-4,14,17H2,1-2H3. The van der Waals surface area contributed by atoms with Gasteiger partial charge in [0, 0.05) is 13.6 Å². The van der Waals surface area contributed by atoms with E-state index in [4.69, 9.17) is 4.98 Å². The topological polar surface area (TPSA) is 38.1 Å². The number of hydrogen-bond donors (Lipinski definition) is 0. The van der Waals surface area contributed by atoms with Crippen molar-refractivity contribution in [3.05, 3.63) is 82.6 Å². The van der Waals surface area contributed by atoms with E-state index < -0.39 is 0 Å². The molecule has 0 bridgehead atoms. The van der Waals surface area contributed by atoms with Gasteiger partial charge >= 0.3 is 0 Å². The van der Waals surface area contributed by atoms with Crippen LogP contribution < -0.4 is 10.5 Å². The summed E-state index contributed by atoms with van der Waals surface area (Å²) in [7, 11) is 2.02. The van der Waals surface area contributed by atoms with Crippen molar-refractivity contribution < 1.29 is 0 Å². The predicted octanol–water partition coefficient (Wildman–Crippen LogP) is 4.83. The summed E-state index contributed by atoms with van der Waals surface area (Å²) in [5, 5.41) is 2.83. The number of anilines is 1. The van der Waals surface area contributed by atoms with Gasteiger partial charge < -0.3 is 4.90 Å². The monoisotopic (exact) mass is 371 g/mol. The molecule has 0 aliphatic rings. The molecule has 0 spiro atoms. The molecule has 142 valence electrons. The molecular formula is C24H25N3O. The first-order valence-electron chi connectivity index (χ1n) is 9.86. The Bertz CT molecular complexity index is 1170. The number of fused-ring (bicyclic) bond motifs is 2. The highest BCUT2D eigenvalue weighted by molar-refractivity contribution is 5.96. The molecule has 4 nitrogen and oxygen atoms in total. The molecule has 1 heterocycles. The number of aromatic nitrogens is 2. The van der Waals surface area contributed by atoms with Crippen LogP contribution in [-0.2, 0) is 6.54 Å². The van der Waals surface area contributed by atoms with Gasteiger partial charge in [-0.05, 0) is 34.9 Å². The number of nitrogens with zero attached hydrogens (tertiary/aromatic N) is 3. The third-order valence-corrected chi connectivity index (χ3v) is 5.17. The van der Waals surface area contributed by atoms with Gasteiger partial charge in [0.1, 0.15) is 0 Å². The first-order chi connectivity index (χ1) is 13.7. The molecule has 0 radical (unpaired) electrons. The molecule has 0 aliphatic heterocycles. The summed E-state index contributed by atoms with van der Waals surface area (Å²) in [6.45, 7) is 3.56. The van der Waals surface area contributed by atoms with Crippen LogP contribution in [0.25, 0.3) is 21.7 Å². The second kappa shape index (κ2) is 7.85. The summed E-state index contributed by atoms with van der Waals surface area (Å²) in [4.78, 5) is 20.5. The van der Waals surface area contributed by atoms with Crippen LogP contribution in [0.2, 0.25) is 0 Å². The Morgan fingerprint density at radius 1 is 0.964 bits per heavy atom. The third-order valence-electron chi connectivity index (χ3n) is 5.17. The van der Waals surface area contributed by atoms with Crippen molar-refractivity contribution in [3.8, 4) is 0 Å². The maximum absolute atomic E-state index is 13.5. The van der Waals surface area contributed by atoms with Crippen molar-refractivity contribution >= 4 is 27.6 Å². The zero-order valence-electron chi connectivity index (χ0n) is 16.4. The molecule has 0 unspecified atom stereocenters. The summed E-state index contributed by atoms with van der Waals surface area (Å²) < 4.78 is 1.81. The lowest BCUT2D eigenvalue weighted by atomic mass is 10.1. The van der Waals surface area contributed by atoms with E-state index in [1.807, 2.05) is 72.3 Å². The van der Waals surface area contributed by atoms with E-state index in [9.17, 15) is 4.79 Å².